The van der Waals surface area contributed by atoms with Crippen molar-refractivity contribution in [1.29, 1.82) is 0 Å². The third-order valence-corrected chi connectivity index (χ3v) is 7.88. The van der Waals surface area contributed by atoms with Crippen molar-refractivity contribution in [1.82, 2.24) is 9.88 Å². The van der Waals surface area contributed by atoms with Gasteiger partial charge < -0.3 is 14.2 Å². The maximum absolute atomic E-state index is 13.4. The van der Waals surface area contributed by atoms with E-state index in [1.807, 2.05) is 4.90 Å². The lowest BCUT2D eigenvalue weighted by molar-refractivity contribution is 0.0741. The molecule has 7 nitrogen and oxygen atoms in total. The number of nitrogens with zero attached hydrogens (tertiary/aromatic N) is 3. The maximum Gasteiger partial charge on any atom is 0.298 e. The Labute approximate surface area is 173 Å². The molecule has 0 atom stereocenters. The summed E-state index contributed by atoms with van der Waals surface area (Å²) < 4.78 is 44.5. The third-order valence-electron chi connectivity index (χ3n) is 5.56. The molecule has 156 valence electrons. The summed E-state index contributed by atoms with van der Waals surface area (Å²) in [5.41, 5.74) is 1.18. The van der Waals surface area contributed by atoms with Crippen LogP contribution in [0.5, 0.6) is 0 Å². The summed E-state index contributed by atoms with van der Waals surface area (Å²) in [6.45, 7) is 1.78. The van der Waals surface area contributed by atoms with Crippen LogP contribution in [0, 0.1) is 5.82 Å². The Morgan fingerprint density at radius 1 is 1.07 bits per heavy atom. The third kappa shape index (κ3) is 3.32. The predicted octanol–water partition coefficient (Wildman–Crippen LogP) is 2.87. The number of benzene rings is 2. The Bertz CT molecular complexity index is 1230. The van der Waals surface area contributed by atoms with Gasteiger partial charge in [0.25, 0.3) is 11.9 Å². The van der Waals surface area contributed by atoms with Crippen LogP contribution in [0.15, 0.2) is 51.8 Å². The van der Waals surface area contributed by atoms with Gasteiger partial charge in [-0.05, 0) is 37.1 Å². The van der Waals surface area contributed by atoms with Crippen molar-refractivity contribution in [3.8, 4) is 0 Å². The number of hydrogen-bond acceptors (Lipinski definition) is 6. The molecule has 0 spiro atoms. The van der Waals surface area contributed by atoms with Crippen LogP contribution in [-0.2, 0) is 9.84 Å². The number of sulfone groups is 1. The first-order valence-electron chi connectivity index (χ1n) is 9.87. The van der Waals surface area contributed by atoms with E-state index < -0.39 is 9.84 Å². The SMILES string of the molecule is O=C(c1ccccc1S(=O)(=O)C1CC1)N1CCN(c2nc3ccc(F)cc3o2)CC1. The van der Waals surface area contributed by atoms with E-state index in [0.29, 0.717) is 56.1 Å². The lowest BCUT2D eigenvalue weighted by atomic mass is 10.2. The molecule has 2 aromatic carbocycles. The highest BCUT2D eigenvalue weighted by molar-refractivity contribution is 7.92. The number of amides is 1. The second-order valence-corrected chi connectivity index (χ2v) is 9.82. The number of halogens is 1. The van der Waals surface area contributed by atoms with Crippen molar-refractivity contribution in [2.45, 2.75) is 23.0 Å². The van der Waals surface area contributed by atoms with E-state index in [1.54, 1.807) is 29.2 Å². The fourth-order valence-corrected chi connectivity index (χ4v) is 5.59. The minimum atomic E-state index is -3.47. The first-order chi connectivity index (χ1) is 14.4. The summed E-state index contributed by atoms with van der Waals surface area (Å²) in [6.07, 6.45) is 1.30. The molecule has 0 N–H and O–H groups in total. The molecule has 2 heterocycles. The van der Waals surface area contributed by atoms with E-state index in [0.717, 1.165) is 0 Å². The summed E-state index contributed by atoms with van der Waals surface area (Å²) in [7, 11) is -3.47. The fraction of sp³-hybridized carbons (Fsp3) is 0.333. The maximum atomic E-state index is 13.4. The van der Waals surface area contributed by atoms with E-state index in [1.165, 1.54) is 18.2 Å². The molecule has 2 fully saturated rings. The van der Waals surface area contributed by atoms with Gasteiger partial charge in [0.1, 0.15) is 11.3 Å². The number of oxazole rings is 1. The van der Waals surface area contributed by atoms with Crippen LogP contribution in [0.3, 0.4) is 0 Å². The lowest BCUT2D eigenvalue weighted by Crippen LogP contribution is -2.49. The van der Waals surface area contributed by atoms with E-state index >= 15 is 0 Å². The monoisotopic (exact) mass is 429 g/mol. The van der Waals surface area contributed by atoms with Gasteiger partial charge >= 0.3 is 0 Å². The molecule has 1 amide bonds. The minimum Gasteiger partial charge on any atom is -0.423 e. The van der Waals surface area contributed by atoms with Crippen molar-refractivity contribution in [2.75, 3.05) is 31.1 Å². The Morgan fingerprint density at radius 2 is 1.80 bits per heavy atom. The van der Waals surface area contributed by atoms with Gasteiger partial charge in [-0.25, -0.2) is 12.8 Å². The molecule has 1 aliphatic heterocycles. The predicted molar refractivity (Wildman–Crippen MR) is 109 cm³/mol. The van der Waals surface area contributed by atoms with Gasteiger partial charge in [0.2, 0.25) is 0 Å². The van der Waals surface area contributed by atoms with Crippen molar-refractivity contribution in [2.24, 2.45) is 0 Å². The number of rotatable bonds is 4. The van der Waals surface area contributed by atoms with Crippen molar-refractivity contribution < 1.29 is 22.0 Å². The van der Waals surface area contributed by atoms with Gasteiger partial charge in [-0.2, -0.15) is 4.98 Å². The molecular formula is C21H20FN3O4S. The zero-order valence-corrected chi connectivity index (χ0v) is 16.9. The van der Waals surface area contributed by atoms with Crippen LogP contribution in [0.2, 0.25) is 0 Å². The van der Waals surface area contributed by atoms with E-state index in [-0.39, 0.29) is 27.4 Å². The quantitative estimate of drug-likeness (QED) is 0.634. The van der Waals surface area contributed by atoms with Crippen LogP contribution < -0.4 is 4.90 Å². The Morgan fingerprint density at radius 3 is 2.53 bits per heavy atom. The number of anilines is 1. The lowest BCUT2D eigenvalue weighted by Gasteiger charge is -2.34. The second-order valence-electron chi connectivity index (χ2n) is 7.63. The first kappa shape index (κ1) is 19.0. The summed E-state index contributed by atoms with van der Waals surface area (Å²) >= 11 is 0. The van der Waals surface area contributed by atoms with Crippen LogP contribution in [-0.4, -0.2) is 55.6 Å². The molecule has 3 aromatic rings. The molecule has 1 aromatic heterocycles. The zero-order valence-electron chi connectivity index (χ0n) is 16.1. The number of carbonyl (C=O) groups excluding carboxylic acids is 1. The Balaban J connectivity index is 1.33. The Hall–Kier alpha value is -2.94. The van der Waals surface area contributed by atoms with Crippen molar-refractivity contribution in [3.05, 3.63) is 53.8 Å². The summed E-state index contributed by atoms with van der Waals surface area (Å²) in [5, 5.41) is -0.368. The van der Waals surface area contributed by atoms with Crippen molar-refractivity contribution in [3.63, 3.8) is 0 Å². The number of fused-ring (bicyclic) bond motifs is 1. The van der Waals surface area contributed by atoms with Gasteiger partial charge in [-0.15, -0.1) is 0 Å². The minimum absolute atomic E-state index is 0.126. The molecule has 5 rings (SSSR count). The molecule has 1 aliphatic carbocycles. The van der Waals surface area contributed by atoms with Gasteiger partial charge in [0, 0.05) is 32.2 Å². The van der Waals surface area contributed by atoms with Crippen LogP contribution in [0.25, 0.3) is 11.1 Å². The number of aromatic nitrogens is 1. The molecule has 0 radical (unpaired) electrons. The molecule has 0 bridgehead atoms. The van der Waals surface area contributed by atoms with Crippen molar-refractivity contribution >= 4 is 32.9 Å². The second kappa shape index (κ2) is 7.09. The van der Waals surface area contributed by atoms with Gasteiger partial charge in [-0.3, -0.25) is 4.79 Å². The average Bonchev–Trinajstić information content (AvgIpc) is 3.54. The Kier molecular flexibility index (Phi) is 4.50. The van der Waals surface area contributed by atoms with E-state index in [9.17, 15) is 17.6 Å². The molecular weight excluding hydrogens is 409 g/mol. The highest BCUT2D eigenvalue weighted by atomic mass is 32.2. The number of carbonyl (C=O) groups is 1. The smallest absolute Gasteiger partial charge is 0.298 e. The summed E-state index contributed by atoms with van der Waals surface area (Å²) in [5.74, 6) is -0.672. The number of piperazine rings is 1. The molecule has 1 saturated carbocycles. The van der Waals surface area contributed by atoms with Gasteiger partial charge in [-0.1, -0.05) is 12.1 Å². The molecule has 2 aliphatic rings. The van der Waals surface area contributed by atoms with Gasteiger partial charge in [0.05, 0.1) is 15.7 Å². The normalized spacial score (nSPS) is 17.5. The summed E-state index contributed by atoms with van der Waals surface area (Å²) in [4.78, 5) is 21.2. The average molecular weight is 429 g/mol. The van der Waals surface area contributed by atoms with E-state index in [2.05, 4.69) is 4.98 Å². The topological polar surface area (TPSA) is 83.7 Å². The zero-order chi connectivity index (χ0) is 20.9. The standard InChI is InChI=1S/C21H20FN3O4S/c22-14-5-8-17-18(13-14)29-21(23-17)25-11-9-24(10-12-25)20(26)16-3-1-2-4-19(16)30(27,28)15-6-7-15/h1-5,8,13,15H,6-7,9-12H2. The molecule has 30 heavy (non-hydrogen) atoms. The summed E-state index contributed by atoms with van der Waals surface area (Å²) in [6, 6.07) is 11.0. The van der Waals surface area contributed by atoms with Crippen LogP contribution in [0.1, 0.15) is 23.2 Å². The molecule has 1 saturated heterocycles. The van der Waals surface area contributed by atoms with Crippen LogP contribution in [0.4, 0.5) is 10.4 Å². The number of hydrogen-bond donors (Lipinski definition) is 0. The molecule has 9 heteroatoms. The fourth-order valence-electron chi connectivity index (χ4n) is 3.74. The highest BCUT2D eigenvalue weighted by Gasteiger charge is 2.39. The molecule has 0 unspecified atom stereocenters. The van der Waals surface area contributed by atoms with E-state index in [4.69, 9.17) is 4.42 Å². The largest absolute Gasteiger partial charge is 0.423 e. The highest BCUT2D eigenvalue weighted by Crippen LogP contribution is 2.35. The first-order valence-corrected chi connectivity index (χ1v) is 11.4. The van der Waals surface area contributed by atoms with Gasteiger partial charge in [0.15, 0.2) is 15.4 Å². The van der Waals surface area contributed by atoms with Crippen LogP contribution >= 0.6 is 0 Å².